The van der Waals surface area contributed by atoms with Gasteiger partial charge in [-0.15, -0.1) is 23.1 Å². The van der Waals surface area contributed by atoms with Gasteiger partial charge in [0.05, 0.1) is 9.09 Å². The molecule has 2 aromatic carbocycles. The summed E-state index contributed by atoms with van der Waals surface area (Å²) >= 11 is 3.26. The molecule has 0 unspecified atom stereocenters. The summed E-state index contributed by atoms with van der Waals surface area (Å²) in [5, 5.41) is 0. The average molecular weight is 310 g/mol. The second-order valence-corrected chi connectivity index (χ2v) is 6.70. The fourth-order valence-electron chi connectivity index (χ4n) is 2.19. The number of hydrogen-bond acceptors (Lipinski definition) is 3. The first kappa shape index (κ1) is 14.1. The summed E-state index contributed by atoms with van der Waals surface area (Å²) in [5.41, 5.74) is 3.05. The molecule has 0 saturated heterocycles. The summed E-state index contributed by atoms with van der Waals surface area (Å²) in [4.78, 5) is 13.4. The van der Waals surface area contributed by atoms with Gasteiger partial charge in [-0.25, -0.2) is 0 Å². The Hall–Kier alpha value is -1.84. The molecule has 0 spiro atoms. The van der Waals surface area contributed by atoms with Gasteiger partial charge >= 0.3 is 0 Å². The molecular weight excluding hydrogens is 296 g/mol. The molecule has 3 heteroatoms. The van der Waals surface area contributed by atoms with Crippen LogP contribution in [0, 0.1) is 0 Å². The molecule has 1 aromatic heterocycles. The van der Waals surface area contributed by atoms with Crippen LogP contribution in [-0.4, -0.2) is 12.0 Å². The van der Waals surface area contributed by atoms with Gasteiger partial charge in [-0.1, -0.05) is 60.7 Å². The number of rotatable bonds is 4. The maximum Gasteiger partial charge on any atom is 0.203 e. The minimum absolute atomic E-state index is 0.0954. The van der Waals surface area contributed by atoms with Gasteiger partial charge in [-0.2, -0.15) is 0 Å². The molecule has 0 radical (unpaired) electrons. The summed E-state index contributed by atoms with van der Waals surface area (Å²) in [6.07, 6.45) is 2.05. The fraction of sp³-hybridized carbons (Fsp3) is 0.0556. The van der Waals surface area contributed by atoms with Gasteiger partial charge in [-0.3, -0.25) is 4.79 Å². The standard InChI is InChI=1S/C18H14OS2/c1-20-18-15(13-8-4-2-5-9-13)12-16(21-18)17(19)14-10-6-3-7-11-14/h2-12H,1H3. The first-order valence-corrected chi connectivity index (χ1v) is 8.66. The molecule has 0 N–H and O–H groups in total. The Morgan fingerprint density at radius 2 is 1.57 bits per heavy atom. The number of thiophene rings is 1. The van der Waals surface area contributed by atoms with E-state index < -0.39 is 0 Å². The van der Waals surface area contributed by atoms with E-state index >= 15 is 0 Å². The lowest BCUT2D eigenvalue weighted by molar-refractivity contribution is 0.104. The van der Waals surface area contributed by atoms with Gasteiger partial charge in [0.2, 0.25) is 5.78 Å². The Balaban J connectivity index is 2.02. The van der Waals surface area contributed by atoms with Crippen molar-refractivity contribution in [2.75, 3.05) is 6.26 Å². The second-order valence-electron chi connectivity index (χ2n) is 4.58. The quantitative estimate of drug-likeness (QED) is 0.476. The Bertz CT molecular complexity index is 745. The third-order valence-corrected chi connectivity index (χ3v) is 5.50. The van der Waals surface area contributed by atoms with Crippen molar-refractivity contribution in [3.8, 4) is 11.1 Å². The van der Waals surface area contributed by atoms with Crippen molar-refractivity contribution in [3.05, 3.63) is 77.2 Å². The molecule has 21 heavy (non-hydrogen) atoms. The number of carbonyl (C=O) groups excluding carboxylic acids is 1. The molecule has 104 valence electrons. The van der Waals surface area contributed by atoms with E-state index in [-0.39, 0.29) is 5.78 Å². The molecular formula is C18H14OS2. The van der Waals surface area contributed by atoms with Gasteiger partial charge in [0.15, 0.2) is 0 Å². The smallest absolute Gasteiger partial charge is 0.203 e. The molecule has 0 bridgehead atoms. The van der Waals surface area contributed by atoms with Crippen LogP contribution in [0.25, 0.3) is 11.1 Å². The SMILES string of the molecule is CSc1sc(C(=O)c2ccccc2)cc1-c1ccccc1. The highest BCUT2D eigenvalue weighted by Crippen LogP contribution is 2.38. The molecule has 0 aliphatic heterocycles. The van der Waals surface area contributed by atoms with Crippen LogP contribution in [0.5, 0.6) is 0 Å². The monoisotopic (exact) mass is 310 g/mol. The van der Waals surface area contributed by atoms with E-state index in [0.717, 1.165) is 21.6 Å². The Morgan fingerprint density at radius 3 is 2.19 bits per heavy atom. The minimum atomic E-state index is 0.0954. The number of ketones is 1. The molecule has 1 heterocycles. The molecule has 0 fully saturated rings. The van der Waals surface area contributed by atoms with E-state index in [1.165, 1.54) is 4.21 Å². The summed E-state index contributed by atoms with van der Waals surface area (Å²) in [6, 6.07) is 21.7. The number of carbonyl (C=O) groups is 1. The maximum absolute atomic E-state index is 12.6. The summed E-state index contributed by atoms with van der Waals surface area (Å²) < 4.78 is 1.18. The van der Waals surface area contributed by atoms with Crippen molar-refractivity contribution in [1.29, 1.82) is 0 Å². The van der Waals surface area contributed by atoms with Crippen LogP contribution in [0.2, 0.25) is 0 Å². The van der Waals surface area contributed by atoms with Crippen molar-refractivity contribution in [3.63, 3.8) is 0 Å². The Labute approximate surface area is 132 Å². The van der Waals surface area contributed by atoms with Crippen molar-refractivity contribution in [2.45, 2.75) is 4.21 Å². The summed E-state index contributed by atoms with van der Waals surface area (Å²) in [7, 11) is 0. The zero-order valence-corrected chi connectivity index (χ0v) is 13.2. The average Bonchev–Trinajstić information content (AvgIpc) is 3.00. The van der Waals surface area contributed by atoms with E-state index in [9.17, 15) is 4.79 Å². The van der Waals surface area contributed by atoms with Crippen LogP contribution in [0.1, 0.15) is 15.2 Å². The lowest BCUT2D eigenvalue weighted by Gasteiger charge is -1.99. The first-order chi connectivity index (χ1) is 10.3. The van der Waals surface area contributed by atoms with E-state index in [1.807, 2.05) is 54.6 Å². The lowest BCUT2D eigenvalue weighted by Crippen LogP contribution is -1.97. The molecule has 0 aliphatic carbocycles. The third-order valence-electron chi connectivity index (χ3n) is 3.23. The largest absolute Gasteiger partial charge is 0.288 e. The third kappa shape index (κ3) is 2.94. The van der Waals surface area contributed by atoms with Gasteiger partial charge in [-0.05, 0) is 17.9 Å². The van der Waals surface area contributed by atoms with Crippen molar-refractivity contribution in [1.82, 2.24) is 0 Å². The summed E-state index contributed by atoms with van der Waals surface area (Å²) in [5.74, 6) is 0.0954. The highest BCUT2D eigenvalue weighted by molar-refractivity contribution is 8.00. The molecule has 0 aliphatic rings. The van der Waals surface area contributed by atoms with Crippen LogP contribution in [0.15, 0.2) is 70.9 Å². The zero-order chi connectivity index (χ0) is 14.7. The van der Waals surface area contributed by atoms with Crippen LogP contribution >= 0.6 is 23.1 Å². The summed E-state index contributed by atoms with van der Waals surface area (Å²) in [6.45, 7) is 0. The molecule has 3 rings (SSSR count). The topological polar surface area (TPSA) is 17.1 Å². The van der Waals surface area contributed by atoms with Gasteiger partial charge in [0.25, 0.3) is 0 Å². The van der Waals surface area contributed by atoms with E-state index in [0.29, 0.717) is 0 Å². The van der Waals surface area contributed by atoms with E-state index in [4.69, 9.17) is 0 Å². The number of benzene rings is 2. The molecule has 0 amide bonds. The molecule has 1 nitrogen and oxygen atoms in total. The van der Waals surface area contributed by atoms with Crippen LogP contribution in [0.4, 0.5) is 0 Å². The maximum atomic E-state index is 12.6. The highest BCUT2D eigenvalue weighted by atomic mass is 32.2. The fourth-order valence-corrected chi connectivity index (χ4v) is 4.06. The van der Waals surface area contributed by atoms with Crippen molar-refractivity contribution in [2.24, 2.45) is 0 Å². The van der Waals surface area contributed by atoms with Crippen molar-refractivity contribution >= 4 is 28.9 Å². The predicted molar refractivity (Wildman–Crippen MR) is 91.4 cm³/mol. The molecule has 0 atom stereocenters. The van der Waals surface area contributed by atoms with Crippen LogP contribution in [-0.2, 0) is 0 Å². The molecule has 0 saturated carbocycles. The first-order valence-electron chi connectivity index (χ1n) is 6.62. The number of thioether (sulfide) groups is 1. The normalized spacial score (nSPS) is 10.5. The van der Waals surface area contributed by atoms with Crippen molar-refractivity contribution < 1.29 is 4.79 Å². The Kier molecular flexibility index (Phi) is 4.23. The van der Waals surface area contributed by atoms with Crippen LogP contribution < -0.4 is 0 Å². The van der Waals surface area contributed by atoms with E-state index in [2.05, 4.69) is 18.4 Å². The zero-order valence-electron chi connectivity index (χ0n) is 11.6. The second kappa shape index (κ2) is 6.29. The number of hydrogen-bond donors (Lipinski definition) is 0. The van der Waals surface area contributed by atoms with E-state index in [1.54, 1.807) is 23.1 Å². The van der Waals surface area contributed by atoms with Gasteiger partial charge in [0, 0.05) is 11.1 Å². The predicted octanol–water partition coefficient (Wildman–Crippen LogP) is 5.37. The Morgan fingerprint density at radius 1 is 0.952 bits per heavy atom. The minimum Gasteiger partial charge on any atom is -0.288 e. The van der Waals surface area contributed by atoms with Gasteiger partial charge in [0.1, 0.15) is 0 Å². The lowest BCUT2D eigenvalue weighted by atomic mass is 10.1. The van der Waals surface area contributed by atoms with Gasteiger partial charge < -0.3 is 0 Å². The molecule has 3 aromatic rings. The van der Waals surface area contributed by atoms with Crippen LogP contribution in [0.3, 0.4) is 0 Å². The highest BCUT2D eigenvalue weighted by Gasteiger charge is 2.16.